The van der Waals surface area contributed by atoms with Crippen LogP contribution in [0.1, 0.15) is 16.4 Å². The highest BCUT2D eigenvalue weighted by Crippen LogP contribution is 2.05. The molecule has 0 aromatic carbocycles. The summed E-state index contributed by atoms with van der Waals surface area (Å²) in [5, 5.41) is 8.39. The number of carbonyl (C=O) groups is 1. The van der Waals surface area contributed by atoms with Crippen LogP contribution in [0.5, 0.6) is 0 Å². The van der Waals surface area contributed by atoms with E-state index >= 15 is 0 Å². The van der Waals surface area contributed by atoms with Crippen LogP contribution in [0.2, 0.25) is 0 Å². The molecule has 1 aromatic heterocycles. The summed E-state index contributed by atoms with van der Waals surface area (Å²) in [5.74, 6) is -2.14. The second-order valence-electron chi connectivity index (χ2n) is 2.52. The van der Waals surface area contributed by atoms with Crippen LogP contribution in [0.15, 0.2) is 10.7 Å². The number of rotatable bonds is 3. The lowest BCUT2D eigenvalue weighted by Gasteiger charge is -1.89. The van der Waals surface area contributed by atoms with E-state index in [1.54, 1.807) is 0 Å². The van der Waals surface area contributed by atoms with E-state index in [1.165, 1.54) is 0 Å². The number of carboxylic acids is 1. The molecule has 0 bridgehead atoms. The summed E-state index contributed by atoms with van der Waals surface area (Å²) in [6.07, 6.45) is 2.05. The van der Waals surface area contributed by atoms with E-state index in [4.69, 9.17) is 5.11 Å². The Kier molecular flexibility index (Phi) is 2.37. The van der Waals surface area contributed by atoms with Crippen LogP contribution in [-0.4, -0.2) is 30.7 Å². The highest BCUT2D eigenvalue weighted by atomic mass is 32.2. The quantitative estimate of drug-likeness (QED) is 0.741. The molecule has 6 nitrogen and oxygen atoms in total. The van der Waals surface area contributed by atoms with Gasteiger partial charge in [-0.1, -0.05) is 0 Å². The predicted molar refractivity (Wildman–Crippen MR) is 42.0 cm³/mol. The molecule has 0 saturated heterocycles. The molecule has 1 heterocycles. The largest absolute Gasteiger partial charge is 0.474 e. The molecule has 0 aliphatic rings. The standard InChI is InChI=1S/C6H7NO5S/c1-13(10,11)3-4-2-12-5(7-4)6(8)9/h2H,3H2,1H3,(H,8,9). The van der Waals surface area contributed by atoms with Gasteiger partial charge in [-0.3, -0.25) is 0 Å². The molecule has 72 valence electrons. The number of aromatic carboxylic acids is 1. The Hall–Kier alpha value is -1.37. The first-order chi connectivity index (χ1) is 5.88. The average molecular weight is 205 g/mol. The van der Waals surface area contributed by atoms with E-state index in [0.717, 1.165) is 12.5 Å². The van der Waals surface area contributed by atoms with Crippen LogP contribution >= 0.6 is 0 Å². The topological polar surface area (TPSA) is 97.5 Å². The van der Waals surface area contributed by atoms with Crippen molar-refractivity contribution in [3.8, 4) is 0 Å². The van der Waals surface area contributed by atoms with Crippen LogP contribution in [0.4, 0.5) is 0 Å². The summed E-state index contributed by atoms with van der Waals surface area (Å²) in [6, 6.07) is 0. The molecule has 1 rings (SSSR count). The van der Waals surface area contributed by atoms with Gasteiger partial charge in [0.1, 0.15) is 6.26 Å². The maximum Gasteiger partial charge on any atom is 0.392 e. The van der Waals surface area contributed by atoms with Gasteiger partial charge in [-0.25, -0.2) is 18.2 Å². The maximum atomic E-state index is 10.8. The number of hydrogen-bond acceptors (Lipinski definition) is 5. The Bertz CT molecular complexity index is 418. The zero-order chi connectivity index (χ0) is 10.1. The summed E-state index contributed by atoms with van der Waals surface area (Å²) >= 11 is 0. The molecule has 13 heavy (non-hydrogen) atoms. The molecule has 0 fully saturated rings. The monoisotopic (exact) mass is 205 g/mol. The van der Waals surface area contributed by atoms with Crippen molar-refractivity contribution in [2.75, 3.05) is 6.26 Å². The molecule has 1 N–H and O–H groups in total. The van der Waals surface area contributed by atoms with E-state index in [2.05, 4.69) is 9.40 Å². The zero-order valence-corrected chi connectivity index (χ0v) is 7.54. The van der Waals surface area contributed by atoms with Gasteiger partial charge in [0, 0.05) is 6.26 Å². The lowest BCUT2D eigenvalue weighted by atomic mass is 10.6. The molecule has 1 aromatic rings. The van der Waals surface area contributed by atoms with Crippen molar-refractivity contribution < 1.29 is 22.7 Å². The molecule has 0 unspecified atom stereocenters. The molecular formula is C6H7NO5S. The third-order valence-corrected chi connectivity index (χ3v) is 1.96. The number of sulfone groups is 1. The Morgan fingerprint density at radius 3 is 2.69 bits per heavy atom. The maximum absolute atomic E-state index is 10.8. The first kappa shape index (κ1) is 9.72. The molecule has 0 radical (unpaired) electrons. The molecular weight excluding hydrogens is 198 g/mol. The van der Waals surface area contributed by atoms with Crippen molar-refractivity contribution in [3.05, 3.63) is 17.8 Å². The van der Waals surface area contributed by atoms with Crippen LogP contribution in [-0.2, 0) is 15.6 Å². The molecule has 0 aliphatic carbocycles. The van der Waals surface area contributed by atoms with Crippen molar-refractivity contribution in [2.45, 2.75) is 5.75 Å². The van der Waals surface area contributed by atoms with Gasteiger partial charge in [-0.05, 0) is 0 Å². The van der Waals surface area contributed by atoms with Crippen molar-refractivity contribution in [1.82, 2.24) is 4.98 Å². The molecule has 0 aliphatic heterocycles. The highest BCUT2D eigenvalue weighted by molar-refractivity contribution is 7.89. The van der Waals surface area contributed by atoms with Gasteiger partial charge in [0.15, 0.2) is 9.84 Å². The van der Waals surface area contributed by atoms with Gasteiger partial charge in [-0.15, -0.1) is 0 Å². The van der Waals surface area contributed by atoms with Gasteiger partial charge in [0.2, 0.25) is 0 Å². The molecule has 0 atom stereocenters. The first-order valence-electron chi connectivity index (χ1n) is 3.24. The normalized spacial score (nSPS) is 11.5. The molecule has 0 saturated carbocycles. The fraction of sp³-hybridized carbons (Fsp3) is 0.333. The minimum atomic E-state index is -3.20. The van der Waals surface area contributed by atoms with E-state index in [9.17, 15) is 13.2 Å². The van der Waals surface area contributed by atoms with E-state index in [-0.39, 0.29) is 11.4 Å². The Balaban J connectivity index is 2.87. The Labute approximate surface area is 74.1 Å². The molecule has 0 spiro atoms. The van der Waals surface area contributed by atoms with Gasteiger partial charge < -0.3 is 9.52 Å². The summed E-state index contributed by atoms with van der Waals surface area (Å²) in [5.41, 5.74) is 0.0971. The molecule has 7 heteroatoms. The van der Waals surface area contributed by atoms with Gasteiger partial charge >= 0.3 is 11.9 Å². The SMILES string of the molecule is CS(=O)(=O)Cc1coc(C(=O)O)n1. The third kappa shape index (κ3) is 2.86. The second kappa shape index (κ2) is 3.17. The zero-order valence-electron chi connectivity index (χ0n) is 6.72. The summed E-state index contributed by atoms with van der Waals surface area (Å²) in [4.78, 5) is 13.7. The van der Waals surface area contributed by atoms with Crippen LogP contribution < -0.4 is 0 Å². The van der Waals surface area contributed by atoms with Crippen molar-refractivity contribution in [1.29, 1.82) is 0 Å². The van der Waals surface area contributed by atoms with Crippen LogP contribution in [0.25, 0.3) is 0 Å². The summed E-state index contributed by atoms with van der Waals surface area (Å²) in [6.45, 7) is 0. The van der Waals surface area contributed by atoms with Gasteiger partial charge in [0.25, 0.3) is 0 Å². The number of nitrogens with zero attached hydrogens (tertiary/aromatic N) is 1. The lowest BCUT2D eigenvalue weighted by Crippen LogP contribution is -2.02. The van der Waals surface area contributed by atoms with Crippen molar-refractivity contribution in [3.63, 3.8) is 0 Å². The highest BCUT2D eigenvalue weighted by Gasteiger charge is 2.14. The second-order valence-corrected chi connectivity index (χ2v) is 4.66. The smallest absolute Gasteiger partial charge is 0.392 e. The lowest BCUT2D eigenvalue weighted by molar-refractivity contribution is 0.0653. The van der Waals surface area contributed by atoms with Crippen molar-refractivity contribution in [2.24, 2.45) is 0 Å². The van der Waals surface area contributed by atoms with E-state index in [0.29, 0.717) is 0 Å². The third-order valence-electron chi connectivity index (χ3n) is 1.14. The number of hydrogen-bond donors (Lipinski definition) is 1. The first-order valence-corrected chi connectivity index (χ1v) is 5.30. The molecule has 0 amide bonds. The van der Waals surface area contributed by atoms with E-state index < -0.39 is 21.7 Å². The fourth-order valence-electron chi connectivity index (χ4n) is 0.740. The number of oxazole rings is 1. The van der Waals surface area contributed by atoms with Crippen LogP contribution in [0.3, 0.4) is 0 Å². The number of carboxylic acid groups (broad SMARTS) is 1. The fourth-order valence-corrected chi connectivity index (χ4v) is 1.41. The van der Waals surface area contributed by atoms with Gasteiger partial charge in [0.05, 0.1) is 11.4 Å². The minimum absolute atomic E-state index is 0.0971. The summed E-state index contributed by atoms with van der Waals surface area (Å²) < 4.78 is 26.0. The number of aromatic nitrogens is 1. The van der Waals surface area contributed by atoms with E-state index in [1.807, 2.05) is 0 Å². The van der Waals surface area contributed by atoms with Gasteiger partial charge in [-0.2, -0.15) is 0 Å². The Morgan fingerprint density at radius 1 is 1.69 bits per heavy atom. The van der Waals surface area contributed by atoms with Crippen molar-refractivity contribution >= 4 is 15.8 Å². The Morgan fingerprint density at radius 2 is 2.31 bits per heavy atom. The minimum Gasteiger partial charge on any atom is -0.474 e. The van der Waals surface area contributed by atoms with Crippen LogP contribution in [0, 0.1) is 0 Å². The average Bonchev–Trinajstić information content (AvgIpc) is 2.31. The predicted octanol–water partition coefficient (Wildman–Crippen LogP) is -0.0826. The summed E-state index contributed by atoms with van der Waals surface area (Å²) in [7, 11) is -3.20.